The molecule has 0 aliphatic carbocycles. The zero-order valence-electron chi connectivity index (χ0n) is 9.10. The van der Waals surface area contributed by atoms with Crippen molar-refractivity contribution in [2.75, 3.05) is 12.4 Å². The molecular formula is C10H13Cl2NO3S. The maximum Gasteiger partial charge on any atom is 0.232 e. The van der Waals surface area contributed by atoms with Crippen LogP contribution < -0.4 is 4.74 Å². The van der Waals surface area contributed by atoms with E-state index in [1.807, 2.05) is 0 Å². The van der Waals surface area contributed by atoms with Gasteiger partial charge in [0.25, 0.3) is 0 Å². The quantitative estimate of drug-likeness (QED) is 0.574. The van der Waals surface area contributed by atoms with Crippen LogP contribution in [0.25, 0.3) is 0 Å². The molecule has 0 saturated heterocycles. The minimum atomic E-state index is -3.37. The fourth-order valence-corrected chi connectivity index (χ4v) is 2.25. The first-order chi connectivity index (χ1) is 7.97. The lowest BCUT2D eigenvalue weighted by Gasteiger charge is -2.05. The molecule has 0 fully saturated rings. The maximum absolute atomic E-state index is 10.6. The lowest BCUT2D eigenvalue weighted by atomic mass is 10.3. The molecule has 0 atom stereocenters. The summed E-state index contributed by atoms with van der Waals surface area (Å²) in [7, 11) is 1.71. The Morgan fingerprint density at radius 1 is 1.24 bits per heavy atom. The highest BCUT2D eigenvalue weighted by Crippen LogP contribution is 2.15. The van der Waals surface area contributed by atoms with E-state index in [1.54, 1.807) is 12.3 Å². The van der Waals surface area contributed by atoms with Gasteiger partial charge >= 0.3 is 0 Å². The van der Waals surface area contributed by atoms with Crippen LogP contribution in [-0.4, -0.2) is 25.8 Å². The van der Waals surface area contributed by atoms with Crippen molar-refractivity contribution < 1.29 is 13.2 Å². The Balaban J connectivity index is 2.13. The van der Waals surface area contributed by atoms with Crippen molar-refractivity contribution in [3.05, 3.63) is 23.5 Å². The summed E-state index contributed by atoms with van der Waals surface area (Å²) in [6.45, 7) is 0.504. The molecule has 1 heterocycles. The predicted molar refractivity (Wildman–Crippen MR) is 68.2 cm³/mol. The van der Waals surface area contributed by atoms with Crippen LogP contribution in [-0.2, 0) is 9.05 Å². The van der Waals surface area contributed by atoms with Crippen molar-refractivity contribution in [3.8, 4) is 5.75 Å². The summed E-state index contributed by atoms with van der Waals surface area (Å²) in [5, 5.41) is 0.524. The van der Waals surface area contributed by atoms with Gasteiger partial charge in [0.1, 0.15) is 5.75 Å². The van der Waals surface area contributed by atoms with Gasteiger partial charge in [-0.2, -0.15) is 0 Å². The average Bonchev–Trinajstić information content (AvgIpc) is 2.22. The molecule has 0 aliphatic heterocycles. The lowest BCUT2D eigenvalue weighted by molar-refractivity contribution is 0.305. The van der Waals surface area contributed by atoms with Crippen molar-refractivity contribution >= 4 is 31.3 Å². The zero-order chi connectivity index (χ0) is 12.7. The van der Waals surface area contributed by atoms with E-state index in [1.165, 1.54) is 6.20 Å². The van der Waals surface area contributed by atoms with E-state index < -0.39 is 9.05 Å². The van der Waals surface area contributed by atoms with Gasteiger partial charge in [0.2, 0.25) is 9.05 Å². The molecule has 4 nitrogen and oxygen atoms in total. The van der Waals surface area contributed by atoms with E-state index in [0.29, 0.717) is 23.8 Å². The first kappa shape index (κ1) is 14.5. The number of aromatic nitrogens is 1. The highest BCUT2D eigenvalue weighted by atomic mass is 35.7. The van der Waals surface area contributed by atoms with Gasteiger partial charge in [-0.05, 0) is 19.3 Å². The summed E-state index contributed by atoms with van der Waals surface area (Å²) in [5.74, 6) is 0.621. The molecule has 1 aromatic rings. The summed E-state index contributed by atoms with van der Waals surface area (Å²) in [5.41, 5.74) is 0. The Morgan fingerprint density at radius 2 is 2.00 bits per heavy atom. The van der Waals surface area contributed by atoms with Gasteiger partial charge in [0.05, 0.1) is 23.6 Å². The van der Waals surface area contributed by atoms with Crippen LogP contribution in [0.1, 0.15) is 19.3 Å². The minimum Gasteiger partial charge on any atom is -0.492 e. The van der Waals surface area contributed by atoms with Gasteiger partial charge in [-0.1, -0.05) is 11.6 Å². The van der Waals surface area contributed by atoms with Crippen LogP contribution in [0.15, 0.2) is 18.5 Å². The Kier molecular flexibility index (Phi) is 6.02. The molecule has 0 N–H and O–H groups in total. The van der Waals surface area contributed by atoms with E-state index in [4.69, 9.17) is 27.0 Å². The summed E-state index contributed by atoms with van der Waals surface area (Å²) < 4.78 is 26.7. The van der Waals surface area contributed by atoms with Gasteiger partial charge < -0.3 is 4.74 Å². The third kappa shape index (κ3) is 7.41. The number of hydrogen-bond donors (Lipinski definition) is 0. The number of hydrogen-bond acceptors (Lipinski definition) is 4. The van der Waals surface area contributed by atoms with Gasteiger partial charge in [-0.25, -0.2) is 8.42 Å². The van der Waals surface area contributed by atoms with Crippen molar-refractivity contribution in [1.29, 1.82) is 0 Å². The number of rotatable bonds is 7. The van der Waals surface area contributed by atoms with E-state index in [-0.39, 0.29) is 5.75 Å². The van der Waals surface area contributed by atoms with Crippen LogP contribution in [0.5, 0.6) is 5.75 Å². The van der Waals surface area contributed by atoms with E-state index >= 15 is 0 Å². The summed E-state index contributed by atoms with van der Waals surface area (Å²) in [4.78, 5) is 3.88. The van der Waals surface area contributed by atoms with Gasteiger partial charge in [0.15, 0.2) is 0 Å². The first-order valence-electron chi connectivity index (χ1n) is 5.13. The number of unbranched alkanes of at least 4 members (excludes halogenated alkanes) is 2. The summed E-state index contributed by atoms with van der Waals surface area (Å²) >= 11 is 5.73. The van der Waals surface area contributed by atoms with E-state index in [0.717, 1.165) is 12.8 Å². The molecular weight excluding hydrogens is 285 g/mol. The second-order valence-corrected chi connectivity index (χ2v) is 6.82. The normalized spacial score (nSPS) is 11.4. The highest BCUT2D eigenvalue weighted by Gasteiger charge is 2.03. The van der Waals surface area contributed by atoms with Gasteiger partial charge in [-0.3, -0.25) is 4.98 Å². The van der Waals surface area contributed by atoms with Crippen LogP contribution in [0.4, 0.5) is 0 Å². The largest absolute Gasteiger partial charge is 0.492 e. The molecule has 0 amide bonds. The molecule has 0 saturated carbocycles. The smallest absolute Gasteiger partial charge is 0.232 e. The van der Waals surface area contributed by atoms with Crippen molar-refractivity contribution in [2.24, 2.45) is 0 Å². The Bertz CT molecular complexity index is 451. The van der Waals surface area contributed by atoms with Crippen LogP contribution in [0.2, 0.25) is 5.02 Å². The van der Waals surface area contributed by atoms with Crippen molar-refractivity contribution in [3.63, 3.8) is 0 Å². The Labute approximate surface area is 110 Å². The number of nitrogens with zero attached hydrogens (tertiary/aromatic N) is 1. The lowest BCUT2D eigenvalue weighted by Crippen LogP contribution is -2.01. The van der Waals surface area contributed by atoms with Crippen molar-refractivity contribution in [1.82, 2.24) is 4.98 Å². The van der Waals surface area contributed by atoms with Gasteiger partial charge in [-0.15, -0.1) is 0 Å². The molecule has 0 bridgehead atoms. The zero-order valence-corrected chi connectivity index (χ0v) is 11.4. The van der Waals surface area contributed by atoms with Crippen LogP contribution in [0, 0.1) is 0 Å². The molecule has 0 unspecified atom stereocenters. The SMILES string of the molecule is O=S(=O)(Cl)CCCCCOc1cncc(Cl)c1. The van der Waals surface area contributed by atoms with Crippen LogP contribution in [0.3, 0.4) is 0 Å². The minimum absolute atomic E-state index is 0.00722. The molecule has 1 rings (SSSR count). The number of halogens is 2. The second kappa shape index (κ2) is 7.03. The molecule has 1 aromatic heterocycles. The standard InChI is InChI=1S/C10H13Cl2NO3S/c11-9-6-10(8-13-7-9)16-4-2-1-3-5-17(12,14)15/h6-8H,1-5H2. The summed E-state index contributed by atoms with van der Waals surface area (Å²) in [6.07, 6.45) is 5.16. The van der Waals surface area contributed by atoms with Crippen molar-refractivity contribution in [2.45, 2.75) is 19.3 Å². The third-order valence-corrected chi connectivity index (χ3v) is 3.43. The first-order valence-corrected chi connectivity index (χ1v) is 7.99. The number of ether oxygens (including phenoxy) is 1. The average molecular weight is 298 g/mol. The van der Waals surface area contributed by atoms with E-state index in [9.17, 15) is 8.42 Å². The fourth-order valence-electron chi connectivity index (χ4n) is 1.21. The van der Waals surface area contributed by atoms with E-state index in [2.05, 4.69) is 4.98 Å². The topological polar surface area (TPSA) is 56.3 Å². The monoisotopic (exact) mass is 297 g/mol. The fraction of sp³-hybridized carbons (Fsp3) is 0.500. The molecule has 96 valence electrons. The molecule has 0 spiro atoms. The molecule has 0 aromatic carbocycles. The maximum atomic E-state index is 10.6. The molecule has 17 heavy (non-hydrogen) atoms. The Hall–Kier alpha value is -0.520. The Morgan fingerprint density at radius 3 is 2.65 bits per heavy atom. The predicted octanol–water partition coefficient (Wildman–Crippen LogP) is 2.85. The molecule has 0 aliphatic rings. The second-order valence-electron chi connectivity index (χ2n) is 3.49. The summed E-state index contributed by atoms with van der Waals surface area (Å²) in [6, 6.07) is 1.68. The highest BCUT2D eigenvalue weighted by molar-refractivity contribution is 8.13. The number of pyridine rings is 1. The van der Waals surface area contributed by atoms with Gasteiger partial charge in [0, 0.05) is 22.9 Å². The molecule has 7 heteroatoms. The van der Waals surface area contributed by atoms with Crippen LogP contribution >= 0.6 is 22.3 Å². The molecule has 0 radical (unpaired) electrons. The third-order valence-electron chi connectivity index (χ3n) is 1.98.